The van der Waals surface area contributed by atoms with Crippen molar-refractivity contribution in [1.82, 2.24) is 9.97 Å². The number of aromatic nitrogens is 2. The van der Waals surface area contributed by atoms with Gasteiger partial charge >= 0.3 is 0 Å². The Morgan fingerprint density at radius 1 is 1.21 bits per heavy atom. The molecule has 0 radical (unpaired) electrons. The number of aromatic amines is 1. The molecule has 0 saturated carbocycles. The molecule has 0 aliphatic rings. The molecule has 2 aromatic rings. The van der Waals surface area contributed by atoms with Crippen molar-refractivity contribution in [3.8, 4) is 11.4 Å². The number of hydrogen-bond donors (Lipinski definition) is 1. The Morgan fingerprint density at radius 2 is 1.93 bits per heavy atom. The molecule has 1 heterocycles. The van der Waals surface area contributed by atoms with Crippen molar-refractivity contribution < 1.29 is 1.43 Å². The third-order valence-electron chi connectivity index (χ3n) is 2.35. The average molecular weight is 188 g/mol. The quantitative estimate of drug-likeness (QED) is 0.768. The molecule has 0 amide bonds. The van der Waals surface area contributed by atoms with Crippen LogP contribution in [0.4, 0.5) is 0 Å². The Labute approximate surface area is 85.5 Å². The topological polar surface area (TPSA) is 28.7 Å². The molecule has 0 aliphatic heterocycles. The fourth-order valence-corrected chi connectivity index (χ4v) is 1.45. The van der Waals surface area contributed by atoms with E-state index in [1.54, 1.807) is 6.20 Å². The summed E-state index contributed by atoms with van der Waals surface area (Å²) in [7, 11) is 0. The lowest BCUT2D eigenvalue weighted by atomic mass is 10.0. The van der Waals surface area contributed by atoms with Gasteiger partial charge in [0.15, 0.2) is 0 Å². The van der Waals surface area contributed by atoms with E-state index in [0.717, 1.165) is 11.4 Å². The maximum atomic E-state index is 4.21. The lowest BCUT2D eigenvalue weighted by molar-refractivity contribution is 0.867. The predicted octanol–water partition coefficient (Wildman–Crippen LogP) is 3.45. The van der Waals surface area contributed by atoms with Crippen LogP contribution >= 0.6 is 0 Å². The number of H-pyrrole nitrogens is 1. The van der Waals surface area contributed by atoms with Gasteiger partial charge in [-0.05, 0) is 11.5 Å². The lowest BCUT2D eigenvalue weighted by Gasteiger charge is -2.05. The molecule has 0 atom stereocenters. The monoisotopic (exact) mass is 188 g/mol. The van der Waals surface area contributed by atoms with E-state index in [9.17, 15) is 0 Å². The molecule has 0 unspecified atom stereocenters. The second-order valence-corrected chi connectivity index (χ2v) is 3.71. The molecule has 0 fully saturated rings. The summed E-state index contributed by atoms with van der Waals surface area (Å²) in [6, 6.07) is 8.52. The smallest absolute Gasteiger partial charge is 0.137 e. The summed E-state index contributed by atoms with van der Waals surface area (Å²) in [5.41, 5.74) is 2.50. The fraction of sp³-hybridized carbons (Fsp3) is 0.250. The minimum Gasteiger partial charge on any atom is -0.345 e. The van der Waals surface area contributed by atoms with Crippen molar-refractivity contribution in [3.63, 3.8) is 0 Å². The molecule has 2 nitrogen and oxygen atoms in total. The minimum absolute atomic E-state index is 0. The van der Waals surface area contributed by atoms with Gasteiger partial charge in [-0.1, -0.05) is 38.1 Å². The Morgan fingerprint density at radius 3 is 2.43 bits per heavy atom. The summed E-state index contributed by atoms with van der Waals surface area (Å²) in [5.74, 6) is 1.51. The maximum Gasteiger partial charge on any atom is 0.137 e. The normalized spacial score (nSPS) is 10.8. The van der Waals surface area contributed by atoms with Crippen LogP contribution in [0, 0.1) is 0 Å². The first-order valence-corrected chi connectivity index (χ1v) is 4.87. The van der Waals surface area contributed by atoms with Crippen LogP contribution in [0.25, 0.3) is 11.4 Å². The van der Waals surface area contributed by atoms with Gasteiger partial charge in [0.05, 0.1) is 0 Å². The molecular weight excluding hydrogens is 172 g/mol. The Hall–Kier alpha value is -1.57. The predicted molar refractivity (Wildman–Crippen MR) is 60.2 cm³/mol. The van der Waals surface area contributed by atoms with Gasteiger partial charge in [0.1, 0.15) is 5.82 Å². The van der Waals surface area contributed by atoms with Gasteiger partial charge in [0.25, 0.3) is 0 Å². The molecule has 2 rings (SSSR count). The number of rotatable bonds is 2. The zero-order valence-electron chi connectivity index (χ0n) is 8.49. The van der Waals surface area contributed by atoms with Crippen LogP contribution in [0.2, 0.25) is 0 Å². The van der Waals surface area contributed by atoms with Gasteiger partial charge in [-0.3, -0.25) is 0 Å². The van der Waals surface area contributed by atoms with Gasteiger partial charge < -0.3 is 4.98 Å². The lowest BCUT2D eigenvalue weighted by Crippen LogP contribution is -1.87. The van der Waals surface area contributed by atoms with Crippen LogP contribution in [0.15, 0.2) is 36.7 Å². The SMILES string of the molecule is CC(C)c1ccc(-c2ncc[nH]2)cc1.[HH]. The van der Waals surface area contributed by atoms with E-state index in [2.05, 4.69) is 48.1 Å². The molecule has 1 N–H and O–H groups in total. The number of benzene rings is 1. The summed E-state index contributed by atoms with van der Waals surface area (Å²) in [6.45, 7) is 4.39. The van der Waals surface area contributed by atoms with Crippen molar-refractivity contribution in [2.24, 2.45) is 0 Å². The van der Waals surface area contributed by atoms with Gasteiger partial charge in [0.2, 0.25) is 0 Å². The van der Waals surface area contributed by atoms with Gasteiger partial charge in [0, 0.05) is 19.4 Å². The van der Waals surface area contributed by atoms with Gasteiger partial charge in [-0.25, -0.2) is 4.98 Å². The summed E-state index contributed by atoms with van der Waals surface area (Å²) in [5, 5.41) is 0. The highest BCUT2D eigenvalue weighted by molar-refractivity contribution is 5.55. The first-order chi connectivity index (χ1) is 6.77. The fourth-order valence-electron chi connectivity index (χ4n) is 1.45. The minimum atomic E-state index is 0. The van der Waals surface area contributed by atoms with Crippen molar-refractivity contribution in [1.29, 1.82) is 0 Å². The first kappa shape index (κ1) is 9.00. The van der Waals surface area contributed by atoms with E-state index in [4.69, 9.17) is 0 Å². The van der Waals surface area contributed by atoms with Crippen LogP contribution in [-0.4, -0.2) is 9.97 Å². The number of nitrogens with one attached hydrogen (secondary N) is 1. The number of imidazole rings is 1. The van der Waals surface area contributed by atoms with E-state index in [1.807, 2.05) is 6.20 Å². The molecule has 2 heteroatoms. The third-order valence-corrected chi connectivity index (χ3v) is 2.35. The van der Waals surface area contributed by atoms with E-state index in [1.165, 1.54) is 5.56 Å². The van der Waals surface area contributed by atoms with Crippen LogP contribution in [-0.2, 0) is 0 Å². The molecule has 1 aromatic carbocycles. The highest BCUT2D eigenvalue weighted by Gasteiger charge is 2.01. The number of hydrogen-bond acceptors (Lipinski definition) is 1. The average Bonchev–Trinajstić information content (AvgIpc) is 2.71. The molecule has 1 aromatic heterocycles. The van der Waals surface area contributed by atoms with E-state index < -0.39 is 0 Å². The largest absolute Gasteiger partial charge is 0.345 e. The molecule has 0 bridgehead atoms. The zero-order chi connectivity index (χ0) is 9.97. The second-order valence-electron chi connectivity index (χ2n) is 3.71. The van der Waals surface area contributed by atoms with Crippen molar-refractivity contribution in [3.05, 3.63) is 42.2 Å². The maximum absolute atomic E-state index is 4.21. The van der Waals surface area contributed by atoms with Crippen molar-refractivity contribution in [2.75, 3.05) is 0 Å². The Kier molecular flexibility index (Phi) is 2.35. The first-order valence-electron chi connectivity index (χ1n) is 4.87. The van der Waals surface area contributed by atoms with E-state index in [0.29, 0.717) is 5.92 Å². The zero-order valence-corrected chi connectivity index (χ0v) is 8.49. The second kappa shape index (κ2) is 3.66. The van der Waals surface area contributed by atoms with Crippen LogP contribution in [0.5, 0.6) is 0 Å². The molecule has 0 saturated heterocycles. The Bertz CT molecular complexity index is 390. The molecule has 0 aliphatic carbocycles. The molecular formula is C12H16N2. The highest BCUT2D eigenvalue weighted by atomic mass is 14.9. The van der Waals surface area contributed by atoms with E-state index in [-0.39, 0.29) is 1.43 Å². The van der Waals surface area contributed by atoms with Gasteiger partial charge in [-0.2, -0.15) is 0 Å². The molecule has 0 spiro atoms. The summed E-state index contributed by atoms with van der Waals surface area (Å²) < 4.78 is 0. The summed E-state index contributed by atoms with van der Waals surface area (Å²) in [4.78, 5) is 7.30. The van der Waals surface area contributed by atoms with Crippen LogP contribution < -0.4 is 0 Å². The molecule has 74 valence electrons. The highest BCUT2D eigenvalue weighted by Crippen LogP contribution is 2.19. The van der Waals surface area contributed by atoms with Gasteiger partial charge in [-0.15, -0.1) is 0 Å². The standard InChI is InChI=1S/C12H14N2.H2/c1-9(2)10-3-5-11(6-4-10)12-13-7-8-14-12;/h3-9H,1-2H3,(H,13,14);1H. The number of nitrogens with zero attached hydrogens (tertiary/aromatic N) is 1. The van der Waals surface area contributed by atoms with Crippen LogP contribution in [0.3, 0.4) is 0 Å². The molecule has 14 heavy (non-hydrogen) atoms. The summed E-state index contributed by atoms with van der Waals surface area (Å²) >= 11 is 0. The summed E-state index contributed by atoms with van der Waals surface area (Å²) in [6.07, 6.45) is 3.61. The van der Waals surface area contributed by atoms with Crippen molar-refractivity contribution in [2.45, 2.75) is 19.8 Å². The Balaban J connectivity index is 0.00000112. The van der Waals surface area contributed by atoms with E-state index >= 15 is 0 Å². The van der Waals surface area contributed by atoms with Crippen molar-refractivity contribution >= 4 is 0 Å². The third kappa shape index (κ3) is 1.69. The van der Waals surface area contributed by atoms with Crippen LogP contribution in [0.1, 0.15) is 26.8 Å².